The summed E-state index contributed by atoms with van der Waals surface area (Å²) in [6.45, 7) is 4.08. The summed E-state index contributed by atoms with van der Waals surface area (Å²) in [5.74, 6) is 1.82. The second-order valence-electron chi connectivity index (χ2n) is 3.78. The molecule has 0 aromatic heterocycles. The molecule has 84 valence electrons. The minimum absolute atomic E-state index is 0.900. The fourth-order valence-corrected chi connectivity index (χ4v) is 1.65. The highest BCUT2D eigenvalue weighted by atomic mass is 16.5. The van der Waals surface area contributed by atoms with Crippen LogP contribution in [0.3, 0.4) is 0 Å². The molecule has 0 heterocycles. The Balaban J connectivity index is 3.44. The van der Waals surface area contributed by atoms with Crippen LogP contribution in [0.1, 0.15) is 11.1 Å². The van der Waals surface area contributed by atoms with Gasteiger partial charge in [0.15, 0.2) is 0 Å². The third kappa shape index (κ3) is 2.01. The van der Waals surface area contributed by atoms with Crippen molar-refractivity contribution >= 4 is 5.69 Å². The standard InChI is InChI=1S/C12H19NO2/c1-8-9(2)12(15-6)10(13(3)4)7-11(8)14-5/h7H,1-6H3. The summed E-state index contributed by atoms with van der Waals surface area (Å²) in [5.41, 5.74) is 3.29. The summed E-state index contributed by atoms with van der Waals surface area (Å²) in [4.78, 5) is 2.02. The van der Waals surface area contributed by atoms with Crippen molar-refractivity contribution in [2.45, 2.75) is 13.8 Å². The van der Waals surface area contributed by atoms with Crippen LogP contribution in [0.2, 0.25) is 0 Å². The van der Waals surface area contributed by atoms with Crippen LogP contribution in [-0.4, -0.2) is 28.3 Å². The summed E-state index contributed by atoms with van der Waals surface area (Å²) < 4.78 is 10.8. The first-order valence-electron chi connectivity index (χ1n) is 4.92. The number of nitrogens with zero attached hydrogens (tertiary/aromatic N) is 1. The molecule has 3 nitrogen and oxygen atoms in total. The number of hydrogen-bond donors (Lipinski definition) is 0. The Morgan fingerprint density at radius 2 is 1.60 bits per heavy atom. The molecule has 1 aromatic rings. The van der Waals surface area contributed by atoms with Gasteiger partial charge in [-0.3, -0.25) is 0 Å². The predicted octanol–water partition coefficient (Wildman–Crippen LogP) is 2.39. The fraction of sp³-hybridized carbons (Fsp3) is 0.500. The Bertz CT molecular complexity index is 359. The van der Waals surface area contributed by atoms with E-state index in [-0.39, 0.29) is 0 Å². The van der Waals surface area contributed by atoms with E-state index in [0.29, 0.717) is 0 Å². The maximum absolute atomic E-state index is 5.42. The molecule has 0 radical (unpaired) electrons. The highest BCUT2D eigenvalue weighted by molar-refractivity contribution is 5.67. The second-order valence-corrected chi connectivity index (χ2v) is 3.78. The Kier molecular flexibility index (Phi) is 3.45. The maximum atomic E-state index is 5.42. The summed E-state index contributed by atoms with van der Waals surface area (Å²) in [5, 5.41) is 0. The molecule has 0 bridgehead atoms. The third-order valence-electron chi connectivity index (χ3n) is 2.68. The second kappa shape index (κ2) is 4.43. The van der Waals surface area contributed by atoms with Gasteiger partial charge in [-0.15, -0.1) is 0 Å². The van der Waals surface area contributed by atoms with Crippen molar-refractivity contribution in [2.24, 2.45) is 0 Å². The van der Waals surface area contributed by atoms with Gasteiger partial charge < -0.3 is 14.4 Å². The zero-order valence-electron chi connectivity index (χ0n) is 10.3. The molecule has 0 N–H and O–H groups in total. The van der Waals surface area contributed by atoms with Crippen LogP contribution < -0.4 is 14.4 Å². The highest BCUT2D eigenvalue weighted by Gasteiger charge is 2.14. The van der Waals surface area contributed by atoms with E-state index in [1.807, 2.05) is 38.9 Å². The van der Waals surface area contributed by atoms with Gasteiger partial charge in [-0.05, 0) is 25.0 Å². The lowest BCUT2D eigenvalue weighted by Gasteiger charge is -2.21. The fourth-order valence-electron chi connectivity index (χ4n) is 1.65. The number of rotatable bonds is 3. The molecule has 15 heavy (non-hydrogen) atoms. The smallest absolute Gasteiger partial charge is 0.145 e. The van der Waals surface area contributed by atoms with Gasteiger partial charge in [-0.25, -0.2) is 0 Å². The lowest BCUT2D eigenvalue weighted by Crippen LogP contribution is -2.11. The first-order chi connectivity index (χ1) is 7.02. The molecular formula is C12H19NO2. The van der Waals surface area contributed by atoms with E-state index in [2.05, 4.69) is 0 Å². The van der Waals surface area contributed by atoms with E-state index in [1.54, 1.807) is 14.2 Å². The number of ether oxygens (including phenoxy) is 2. The Hall–Kier alpha value is -1.38. The molecule has 0 saturated heterocycles. The number of benzene rings is 1. The third-order valence-corrected chi connectivity index (χ3v) is 2.68. The molecule has 0 aliphatic heterocycles. The van der Waals surface area contributed by atoms with Crippen LogP contribution in [0, 0.1) is 13.8 Å². The van der Waals surface area contributed by atoms with Crippen LogP contribution in [0.4, 0.5) is 5.69 Å². The van der Waals surface area contributed by atoms with E-state index in [9.17, 15) is 0 Å². The molecule has 0 aliphatic rings. The lowest BCUT2D eigenvalue weighted by atomic mass is 10.1. The number of hydrogen-bond acceptors (Lipinski definition) is 3. The average Bonchev–Trinajstić information content (AvgIpc) is 2.21. The minimum Gasteiger partial charge on any atom is -0.496 e. The first-order valence-corrected chi connectivity index (χ1v) is 4.92. The topological polar surface area (TPSA) is 21.7 Å². The van der Waals surface area contributed by atoms with E-state index in [0.717, 1.165) is 28.3 Å². The lowest BCUT2D eigenvalue weighted by molar-refractivity contribution is 0.398. The quantitative estimate of drug-likeness (QED) is 0.763. The molecule has 0 unspecified atom stereocenters. The van der Waals surface area contributed by atoms with Gasteiger partial charge in [0.05, 0.1) is 19.9 Å². The van der Waals surface area contributed by atoms with Crippen molar-refractivity contribution in [3.05, 3.63) is 17.2 Å². The monoisotopic (exact) mass is 209 g/mol. The van der Waals surface area contributed by atoms with E-state index >= 15 is 0 Å². The van der Waals surface area contributed by atoms with Crippen LogP contribution in [-0.2, 0) is 0 Å². The maximum Gasteiger partial charge on any atom is 0.145 e. The van der Waals surface area contributed by atoms with Crippen molar-refractivity contribution in [3.63, 3.8) is 0 Å². The zero-order valence-corrected chi connectivity index (χ0v) is 10.3. The predicted molar refractivity (Wildman–Crippen MR) is 63.3 cm³/mol. The van der Waals surface area contributed by atoms with Crippen molar-refractivity contribution < 1.29 is 9.47 Å². The Labute approximate surface area is 91.6 Å². The SMILES string of the molecule is COc1cc(N(C)C)c(OC)c(C)c1C. The van der Waals surface area contributed by atoms with Gasteiger partial charge >= 0.3 is 0 Å². The van der Waals surface area contributed by atoms with Crippen LogP contribution >= 0.6 is 0 Å². The van der Waals surface area contributed by atoms with E-state index in [1.165, 1.54) is 0 Å². The largest absolute Gasteiger partial charge is 0.496 e. The molecule has 0 amide bonds. The van der Waals surface area contributed by atoms with Crippen LogP contribution in [0.15, 0.2) is 6.07 Å². The van der Waals surface area contributed by atoms with Gasteiger partial charge in [0.2, 0.25) is 0 Å². The summed E-state index contributed by atoms with van der Waals surface area (Å²) in [6.07, 6.45) is 0. The average molecular weight is 209 g/mol. The van der Waals surface area contributed by atoms with Crippen LogP contribution in [0.5, 0.6) is 11.5 Å². The van der Waals surface area contributed by atoms with E-state index < -0.39 is 0 Å². The zero-order chi connectivity index (χ0) is 11.6. The Morgan fingerprint density at radius 3 is 2.00 bits per heavy atom. The molecule has 1 rings (SSSR count). The molecule has 1 aromatic carbocycles. The van der Waals surface area contributed by atoms with Crippen molar-refractivity contribution in [3.8, 4) is 11.5 Å². The molecule has 0 saturated carbocycles. The summed E-state index contributed by atoms with van der Waals surface area (Å²) in [7, 11) is 7.37. The van der Waals surface area contributed by atoms with Crippen molar-refractivity contribution in [2.75, 3.05) is 33.2 Å². The van der Waals surface area contributed by atoms with Gasteiger partial charge in [-0.1, -0.05) is 0 Å². The molecule has 0 spiro atoms. The van der Waals surface area contributed by atoms with Gasteiger partial charge in [0.25, 0.3) is 0 Å². The number of methoxy groups -OCH3 is 2. The molecular weight excluding hydrogens is 190 g/mol. The van der Waals surface area contributed by atoms with E-state index in [4.69, 9.17) is 9.47 Å². The van der Waals surface area contributed by atoms with Gasteiger partial charge in [-0.2, -0.15) is 0 Å². The first kappa shape index (κ1) is 11.7. The van der Waals surface area contributed by atoms with Crippen molar-refractivity contribution in [1.29, 1.82) is 0 Å². The Morgan fingerprint density at radius 1 is 1.00 bits per heavy atom. The number of anilines is 1. The minimum atomic E-state index is 0.900. The normalized spacial score (nSPS) is 10.0. The highest BCUT2D eigenvalue weighted by Crippen LogP contribution is 2.38. The molecule has 0 atom stereocenters. The van der Waals surface area contributed by atoms with Crippen molar-refractivity contribution in [1.82, 2.24) is 0 Å². The molecule has 3 heteroatoms. The molecule has 0 fully saturated rings. The van der Waals surface area contributed by atoms with Gasteiger partial charge in [0.1, 0.15) is 11.5 Å². The summed E-state index contributed by atoms with van der Waals surface area (Å²) in [6, 6.07) is 2.00. The molecule has 0 aliphatic carbocycles. The van der Waals surface area contributed by atoms with Gasteiger partial charge in [0, 0.05) is 20.2 Å². The summed E-state index contributed by atoms with van der Waals surface area (Å²) >= 11 is 0. The van der Waals surface area contributed by atoms with Crippen LogP contribution in [0.25, 0.3) is 0 Å².